The van der Waals surface area contributed by atoms with E-state index in [1.54, 1.807) is 39.0 Å². The Morgan fingerprint density at radius 3 is 2.40 bits per heavy atom. The minimum absolute atomic E-state index is 0.0897. The summed E-state index contributed by atoms with van der Waals surface area (Å²) in [5, 5.41) is 21.5. The number of carboxylic acids is 1. The topological polar surface area (TPSA) is 86.6 Å². The Balaban J connectivity index is 2.64. The lowest BCUT2D eigenvalue weighted by molar-refractivity contribution is -0.153. The molecule has 0 saturated carbocycles. The molecule has 20 heavy (non-hydrogen) atoms. The molecule has 1 atom stereocenters. The highest BCUT2D eigenvalue weighted by molar-refractivity contribution is 5.84. The summed E-state index contributed by atoms with van der Waals surface area (Å²) in [4.78, 5) is 23.2. The van der Waals surface area contributed by atoms with E-state index in [1.165, 1.54) is 6.07 Å². The molecule has 3 N–H and O–H groups in total. The third-order valence-electron chi connectivity index (χ3n) is 3.76. The second kappa shape index (κ2) is 6.41. The molecule has 1 aromatic carbocycles. The van der Waals surface area contributed by atoms with E-state index >= 15 is 0 Å². The van der Waals surface area contributed by atoms with E-state index in [2.05, 4.69) is 5.32 Å². The number of para-hydroxylation sites is 1. The summed E-state index contributed by atoms with van der Waals surface area (Å²) in [6.07, 6.45) is -0.0897. The molecule has 5 nitrogen and oxygen atoms in total. The molecule has 5 heteroatoms. The van der Waals surface area contributed by atoms with Crippen LogP contribution in [-0.4, -0.2) is 22.1 Å². The van der Waals surface area contributed by atoms with Crippen LogP contribution in [0.15, 0.2) is 24.3 Å². The zero-order valence-electron chi connectivity index (χ0n) is 12.0. The number of nitrogens with one attached hydrogen (secondary N) is 1. The van der Waals surface area contributed by atoms with E-state index in [0.717, 1.165) is 0 Å². The zero-order valence-corrected chi connectivity index (χ0v) is 12.0. The minimum atomic E-state index is -1.09. The van der Waals surface area contributed by atoms with Crippen LogP contribution in [0.5, 0.6) is 5.75 Å². The van der Waals surface area contributed by atoms with Crippen LogP contribution >= 0.6 is 0 Å². The maximum atomic E-state index is 11.9. The molecule has 0 heterocycles. The number of carboxylic acid groups (broad SMARTS) is 1. The molecule has 1 amide bonds. The van der Waals surface area contributed by atoms with E-state index in [0.29, 0.717) is 5.56 Å². The lowest BCUT2D eigenvalue weighted by Gasteiger charge is -2.28. The number of rotatable bonds is 6. The summed E-state index contributed by atoms with van der Waals surface area (Å²) in [7, 11) is 0. The number of hydrogen-bond acceptors (Lipinski definition) is 3. The van der Waals surface area contributed by atoms with Gasteiger partial charge in [0.25, 0.3) is 0 Å². The van der Waals surface area contributed by atoms with Gasteiger partial charge in [-0.1, -0.05) is 32.0 Å². The predicted octanol–water partition coefficient (Wildman–Crippen LogP) is 2.15. The van der Waals surface area contributed by atoms with Gasteiger partial charge >= 0.3 is 5.97 Å². The summed E-state index contributed by atoms with van der Waals surface area (Å²) in [6.45, 7) is 5.31. The van der Waals surface area contributed by atoms with Crippen LogP contribution in [0.4, 0.5) is 0 Å². The number of aromatic hydroxyl groups is 1. The maximum Gasteiger partial charge on any atom is 0.310 e. The van der Waals surface area contributed by atoms with Gasteiger partial charge < -0.3 is 15.5 Å². The second-order valence-electron chi connectivity index (χ2n) is 5.46. The van der Waals surface area contributed by atoms with Crippen molar-refractivity contribution < 1.29 is 19.8 Å². The summed E-state index contributed by atoms with van der Waals surface area (Å²) in [6, 6.07) is 6.70. The number of carbonyl (C=O) groups excluding carboxylic acids is 1. The summed E-state index contributed by atoms with van der Waals surface area (Å²) in [5.41, 5.74) is -0.495. The Hall–Kier alpha value is -2.04. The normalized spacial score (nSPS) is 13.8. The van der Waals surface area contributed by atoms with Crippen LogP contribution in [0.25, 0.3) is 0 Å². The van der Waals surface area contributed by atoms with Gasteiger partial charge in [0.15, 0.2) is 0 Å². The first-order chi connectivity index (χ1) is 9.27. The number of amides is 1. The maximum absolute atomic E-state index is 11.9. The Kier molecular flexibility index (Phi) is 5.13. The van der Waals surface area contributed by atoms with Crippen LogP contribution in [-0.2, 0) is 16.1 Å². The first-order valence-electron chi connectivity index (χ1n) is 6.54. The van der Waals surface area contributed by atoms with E-state index in [4.69, 9.17) is 0 Å². The molecule has 0 aliphatic heterocycles. The number of benzene rings is 1. The molecule has 0 aliphatic carbocycles. The molecule has 1 unspecified atom stereocenters. The van der Waals surface area contributed by atoms with Crippen molar-refractivity contribution >= 4 is 11.9 Å². The van der Waals surface area contributed by atoms with E-state index in [9.17, 15) is 19.8 Å². The summed E-state index contributed by atoms with van der Waals surface area (Å²) >= 11 is 0. The third kappa shape index (κ3) is 3.73. The highest BCUT2D eigenvalue weighted by Gasteiger charge is 2.38. The standard InChI is InChI=1S/C15H21NO4/c1-10(2)15(3,14(19)20)8-13(18)16-9-11-6-4-5-7-12(11)17/h4-7,10,17H,8-9H2,1-3H3,(H,16,18)(H,19,20). The monoisotopic (exact) mass is 279 g/mol. The quantitative estimate of drug-likeness (QED) is 0.744. The molecule has 1 aromatic rings. The number of hydrogen-bond donors (Lipinski definition) is 3. The second-order valence-corrected chi connectivity index (χ2v) is 5.46. The molecule has 0 fully saturated rings. The smallest absolute Gasteiger partial charge is 0.310 e. The highest BCUT2D eigenvalue weighted by Crippen LogP contribution is 2.31. The van der Waals surface area contributed by atoms with E-state index < -0.39 is 11.4 Å². The summed E-state index contributed by atoms with van der Waals surface area (Å²) in [5.74, 6) is -1.37. The molecule has 0 saturated heterocycles. The van der Waals surface area contributed by atoms with Crippen molar-refractivity contribution in [1.82, 2.24) is 5.32 Å². The Morgan fingerprint density at radius 2 is 1.90 bits per heavy atom. The van der Waals surface area contributed by atoms with Crippen LogP contribution in [0.1, 0.15) is 32.8 Å². The van der Waals surface area contributed by atoms with Gasteiger partial charge in [0.1, 0.15) is 5.75 Å². The number of carbonyl (C=O) groups is 2. The zero-order chi connectivity index (χ0) is 15.3. The number of aliphatic carboxylic acids is 1. The van der Waals surface area contributed by atoms with Gasteiger partial charge in [-0.2, -0.15) is 0 Å². The van der Waals surface area contributed by atoms with Crippen LogP contribution in [0.2, 0.25) is 0 Å². The average molecular weight is 279 g/mol. The number of phenolic OH excluding ortho intramolecular Hbond substituents is 1. The van der Waals surface area contributed by atoms with Gasteiger partial charge in [-0.3, -0.25) is 9.59 Å². The highest BCUT2D eigenvalue weighted by atomic mass is 16.4. The van der Waals surface area contributed by atoms with Crippen molar-refractivity contribution in [3.05, 3.63) is 29.8 Å². The van der Waals surface area contributed by atoms with Gasteiger partial charge in [-0.05, 0) is 18.9 Å². The molecule has 0 radical (unpaired) electrons. The molecular formula is C15H21NO4. The first kappa shape index (κ1) is 16.0. The molecular weight excluding hydrogens is 258 g/mol. The molecule has 110 valence electrons. The van der Waals surface area contributed by atoms with Crippen molar-refractivity contribution in [1.29, 1.82) is 0 Å². The van der Waals surface area contributed by atoms with Crippen LogP contribution in [0, 0.1) is 11.3 Å². The van der Waals surface area contributed by atoms with Crippen LogP contribution < -0.4 is 5.32 Å². The van der Waals surface area contributed by atoms with Crippen molar-refractivity contribution in [3.63, 3.8) is 0 Å². The van der Waals surface area contributed by atoms with E-state index in [-0.39, 0.29) is 30.5 Å². The number of phenols is 1. The molecule has 0 bridgehead atoms. The van der Waals surface area contributed by atoms with Crippen LogP contribution in [0.3, 0.4) is 0 Å². The van der Waals surface area contributed by atoms with Gasteiger partial charge in [-0.25, -0.2) is 0 Å². The van der Waals surface area contributed by atoms with Gasteiger partial charge in [0, 0.05) is 18.5 Å². The largest absolute Gasteiger partial charge is 0.508 e. The van der Waals surface area contributed by atoms with Crippen molar-refractivity contribution in [3.8, 4) is 5.75 Å². The van der Waals surface area contributed by atoms with Gasteiger partial charge in [-0.15, -0.1) is 0 Å². The van der Waals surface area contributed by atoms with Crippen molar-refractivity contribution in [2.45, 2.75) is 33.7 Å². The fourth-order valence-electron chi connectivity index (χ4n) is 1.78. The van der Waals surface area contributed by atoms with Gasteiger partial charge in [0.2, 0.25) is 5.91 Å². The molecule has 0 aromatic heterocycles. The van der Waals surface area contributed by atoms with Crippen molar-refractivity contribution in [2.24, 2.45) is 11.3 Å². The van der Waals surface area contributed by atoms with Crippen molar-refractivity contribution in [2.75, 3.05) is 0 Å². The Morgan fingerprint density at radius 1 is 1.30 bits per heavy atom. The van der Waals surface area contributed by atoms with E-state index in [1.807, 2.05) is 0 Å². The fraction of sp³-hybridized carbons (Fsp3) is 0.467. The third-order valence-corrected chi connectivity index (χ3v) is 3.76. The average Bonchev–Trinajstić information content (AvgIpc) is 2.37. The lowest BCUT2D eigenvalue weighted by Crippen LogP contribution is -2.39. The predicted molar refractivity (Wildman–Crippen MR) is 75.2 cm³/mol. The minimum Gasteiger partial charge on any atom is -0.508 e. The Labute approximate surface area is 118 Å². The summed E-state index contributed by atoms with van der Waals surface area (Å²) < 4.78 is 0. The SMILES string of the molecule is CC(C)C(C)(CC(=O)NCc1ccccc1O)C(=O)O. The first-order valence-corrected chi connectivity index (χ1v) is 6.54. The fourth-order valence-corrected chi connectivity index (χ4v) is 1.78. The Bertz CT molecular complexity index is 498. The lowest BCUT2D eigenvalue weighted by atomic mass is 9.76. The molecule has 0 spiro atoms. The van der Waals surface area contributed by atoms with Gasteiger partial charge in [0.05, 0.1) is 5.41 Å². The molecule has 1 rings (SSSR count). The molecule has 0 aliphatic rings.